The monoisotopic (exact) mass is 344 g/mol. The SMILES string of the molecule is Cc1ccc(C(=O)NC2CCN(CCSc3ccccc3)CC2)o1. The maximum absolute atomic E-state index is 12.1. The highest BCUT2D eigenvalue weighted by molar-refractivity contribution is 7.99. The van der Waals surface area contributed by atoms with Gasteiger partial charge in [-0.3, -0.25) is 4.79 Å². The Labute approximate surface area is 147 Å². The number of thioether (sulfide) groups is 1. The molecule has 4 nitrogen and oxygen atoms in total. The molecule has 0 unspecified atom stereocenters. The van der Waals surface area contributed by atoms with Gasteiger partial charge in [0.05, 0.1) is 0 Å². The number of amides is 1. The molecular weight excluding hydrogens is 320 g/mol. The van der Waals surface area contributed by atoms with Gasteiger partial charge in [0.25, 0.3) is 5.91 Å². The molecule has 1 aliphatic heterocycles. The maximum Gasteiger partial charge on any atom is 0.287 e. The fourth-order valence-corrected chi connectivity index (χ4v) is 3.86. The van der Waals surface area contributed by atoms with E-state index in [1.165, 1.54) is 4.90 Å². The van der Waals surface area contributed by atoms with Gasteiger partial charge in [0, 0.05) is 36.3 Å². The summed E-state index contributed by atoms with van der Waals surface area (Å²) in [7, 11) is 0. The zero-order chi connectivity index (χ0) is 16.8. The molecule has 5 heteroatoms. The van der Waals surface area contributed by atoms with Gasteiger partial charge in [-0.1, -0.05) is 18.2 Å². The van der Waals surface area contributed by atoms with Crippen molar-refractivity contribution in [2.24, 2.45) is 0 Å². The molecule has 24 heavy (non-hydrogen) atoms. The lowest BCUT2D eigenvalue weighted by Gasteiger charge is -2.32. The van der Waals surface area contributed by atoms with Crippen molar-refractivity contribution in [3.63, 3.8) is 0 Å². The molecule has 0 saturated carbocycles. The number of likely N-dealkylation sites (tertiary alicyclic amines) is 1. The number of hydrogen-bond donors (Lipinski definition) is 1. The Balaban J connectivity index is 1.36. The first-order chi connectivity index (χ1) is 11.7. The van der Waals surface area contributed by atoms with Crippen LogP contribution in [0.25, 0.3) is 0 Å². The minimum Gasteiger partial charge on any atom is -0.456 e. The van der Waals surface area contributed by atoms with Gasteiger partial charge in [-0.25, -0.2) is 0 Å². The highest BCUT2D eigenvalue weighted by Crippen LogP contribution is 2.18. The third-order valence-corrected chi connectivity index (χ3v) is 5.30. The molecule has 2 aromatic rings. The quantitative estimate of drug-likeness (QED) is 0.814. The molecule has 2 heterocycles. The van der Waals surface area contributed by atoms with Crippen LogP contribution < -0.4 is 5.32 Å². The van der Waals surface area contributed by atoms with Crippen LogP contribution in [-0.2, 0) is 0 Å². The Hall–Kier alpha value is -1.72. The molecular formula is C19H24N2O2S. The first kappa shape index (κ1) is 17.1. The molecule has 1 aromatic carbocycles. The standard InChI is InChI=1S/C19H24N2O2S/c1-15-7-8-18(23-15)19(22)20-16-9-11-21(12-10-16)13-14-24-17-5-3-2-4-6-17/h2-8,16H,9-14H2,1H3,(H,20,22). The highest BCUT2D eigenvalue weighted by Gasteiger charge is 2.21. The second-order valence-electron chi connectivity index (χ2n) is 6.16. The van der Waals surface area contributed by atoms with Gasteiger partial charge in [-0.2, -0.15) is 0 Å². The predicted molar refractivity (Wildman–Crippen MR) is 97.5 cm³/mol. The summed E-state index contributed by atoms with van der Waals surface area (Å²) in [6.45, 7) is 5.02. The summed E-state index contributed by atoms with van der Waals surface area (Å²) in [5, 5.41) is 3.09. The van der Waals surface area contributed by atoms with Gasteiger partial charge in [-0.15, -0.1) is 11.8 Å². The number of piperidine rings is 1. The van der Waals surface area contributed by atoms with Gasteiger partial charge >= 0.3 is 0 Å². The van der Waals surface area contributed by atoms with Crippen LogP contribution in [0.3, 0.4) is 0 Å². The average Bonchev–Trinajstić information content (AvgIpc) is 3.04. The van der Waals surface area contributed by atoms with Crippen LogP contribution in [0.4, 0.5) is 0 Å². The minimum atomic E-state index is -0.0961. The Kier molecular flexibility index (Phi) is 5.99. The van der Waals surface area contributed by atoms with Gasteiger partial charge in [0.2, 0.25) is 0 Å². The molecule has 1 N–H and O–H groups in total. The van der Waals surface area contributed by atoms with Gasteiger partial charge < -0.3 is 14.6 Å². The number of furan rings is 1. The van der Waals surface area contributed by atoms with E-state index in [1.807, 2.05) is 30.8 Å². The first-order valence-electron chi connectivity index (χ1n) is 8.48. The summed E-state index contributed by atoms with van der Waals surface area (Å²) in [4.78, 5) is 15.9. The van der Waals surface area contributed by atoms with Gasteiger partial charge in [0.15, 0.2) is 5.76 Å². The van der Waals surface area contributed by atoms with Crippen LogP contribution >= 0.6 is 11.8 Å². The fourth-order valence-electron chi connectivity index (χ4n) is 2.92. The van der Waals surface area contributed by atoms with Crippen LogP contribution in [0.5, 0.6) is 0 Å². The molecule has 0 radical (unpaired) electrons. The molecule has 0 spiro atoms. The molecule has 128 valence electrons. The zero-order valence-corrected chi connectivity index (χ0v) is 14.8. The van der Waals surface area contributed by atoms with Crippen LogP contribution in [0.1, 0.15) is 29.2 Å². The van der Waals surface area contributed by atoms with Crippen molar-refractivity contribution in [1.82, 2.24) is 10.2 Å². The normalized spacial score (nSPS) is 16.2. The van der Waals surface area contributed by atoms with Gasteiger partial charge in [0.1, 0.15) is 5.76 Å². The first-order valence-corrected chi connectivity index (χ1v) is 9.47. The summed E-state index contributed by atoms with van der Waals surface area (Å²) in [6.07, 6.45) is 2.00. The fraction of sp³-hybridized carbons (Fsp3) is 0.421. The van der Waals surface area contributed by atoms with E-state index in [9.17, 15) is 4.79 Å². The summed E-state index contributed by atoms with van der Waals surface area (Å²) >= 11 is 1.90. The Morgan fingerprint density at radius 2 is 1.96 bits per heavy atom. The topological polar surface area (TPSA) is 45.5 Å². The van der Waals surface area contributed by atoms with E-state index in [4.69, 9.17) is 4.42 Å². The lowest BCUT2D eigenvalue weighted by atomic mass is 10.1. The molecule has 1 saturated heterocycles. The van der Waals surface area contributed by atoms with E-state index in [-0.39, 0.29) is 11.9 Å². The Morgan fingerprint density at radius 1 is 1.21 bits per heavy atom. The molecule has 3 rings (SSSR count). The Bertz CT molecular complexity index is 648. The molecule has 0 aliphatic carbocycles. The van der Waals surface area contributed by atoms with Crippen molar-refractivity contribution < 1.29 is 9.21 Å². The predicted octanol–water partition coefficient (Wildman–Crippen LogP) is 3.57. The minimum absolute atomic E-state index is 0.0961. The number of nitrogens with one attached hydrogen (secondary N) is 1. The van der Waals surface area contributed by atoms with Crippen LogP contribution in [0, 0.1) is 6.92 Å². The number of benzene rings is 1. The van der Waals surface area contributed by atoms with Crippen LogP contribution in [-0.4, -0.2) is 42.2 Å². The third-order valence-electron chi connectivity index (χ3n) is 4.31. The van der Waals surface area contributed by atoms with Crippen molar-refractivity contribution >= 4 is 17.7 Å². The second-order valence-corrected chi connectivity index (χ2v) is 7.33. The maximum atomic E-state index is 12.1. The molecule has 0 bridgehead atoms. The molecule has 1 aliphatic rings. The number of nitrogens with zero attached hydrogens (tertiary/aromatic N) is 1. The van der Waals surface area contributed by atoms with Crippen molar-refractivity contribution in [1.29, 1.82) is 0 Å². The average molecular weight is 344 g/mol. The van der Waals surface area contributed by atoms with Crippen LogP contribution in [0.15, 0.2) is 51.8 Å². The van der Waals surface area contributed by atoms with Crippen molar-refractivity contribution in [2.75, 3.05) is 25.4 Å². The van der Waals surface area contributed by atoms with Crippen LogP contribution in [0.2, 0.25) is 0 Å². The summed E-state index contributed by atoms with van der Waals surface area (Å²) < 4.78 is 5.38. The molecule has 1 fully saturated rings. The van der Waals surface area contributed by atoms with Crippen molar-refractivity contribution in [3.8, 4) is 0 Å². The molecule has 0 atom stereocenters. The Morgan fingerprint density at radius 3 is 2.62 bits per heavy atom. The number of carbonyl (C=O) groups is 1. The summed E-state index contributed by atoms with van der Waals surface area (Å²) in [6, 6.07) is 14.3. The summed E-state index contributed by atoms with van der Waals surface area (Å²) in [5.41, 5.74) is 0. The third kappa shape index (κ3) is 4.89. The zero-order valence-electron chi connectivity index (χ0n) is 14.0. The van der Waals surface area contributed by atoms with E-state index in [2.05, 4.69) is 34.5 Å². The van der Waals surface area contributed by atoms with E-state index in [1.54, 1.807) is 6.07 Å². The number of hydrogen-bond acceptors (Lipinski definition) is 4. The smallest absolute Gasteiger partial charge is 0.287 e. The largest absolute Gasteiger partial charge is 0.456 e. The summed E-state index contributed by atoms with van der Waals surface area (Å²) in [5.74, 6) is 2.19. The lowest BCUT2D eigenvalue weighted by molar-refractivity contribution is 0.0883. The van der Waals surface area contributed by atoms with E-state index < -0.39 is 0 Å². The second kappa shape index (κ2) is 8.40. The number of carbonyl (C=O) groups excluding carboxylic acids is 1. The lowest BCUT2D eigenvalue weighted by Crippen LogP contribution is -2.45. The van der Waals surface area contributed by atoms with E-state index in [0.717, 1.165) is 44.0 Å². The van der Waals surface area contributed by atoms with Crippen molar-refractivity contribution in [3.05, 3.63) is 54.0 Å². The van der Waals surface area contributed by atoms with E-state index >= 15 is 0 Å². The van der Waals surface area contributed by atoms with E-state index in [0.29, 0.717) is 5.76 Å². The number of rotatable bonds is 6. The van der Waals surface area contributed by atoms with Crippen molar-refractivity contribution in [2.45, 2.75) is 30.7 Å². The number of aryl methyl sites for hydroxylation is 1. The molecule has 1 aromatic heterocycles. The molecule has 1 amide bonds. The highest BCUT2D eigenvalue weighted by atomic mass is 32.2. The van der Waals surface area contributed by atoms with Gasteiger partial charge in [-0.05, 0) is 44.0 Å².